The number of hydrogen-bond donors (Lipinski definition) is 0. The van der Waals surface area contributed by atoms with Crippen molar-refractivity contribution in [1.29, 1.82) is 0 Å². The Morgan fingerprint density at radius 3 is 2.68 bits per heavy atom. The van der Waals surface area contributed by atoms with Crippen molar-refractivity contribution < 1.29 is 14.3 Å². The third-order valence-corrected chi connectivity index (χ3v) is 5.07. The molecule has 1 aliphatic carbocycles. The molecule has 0 amide bonds. The van der Waals surface area contributed by atoms with E-state index in [1.54, 1.807) is 0 Å². The molecule has 3 nitrogen and oxygen atoms in total. The van der Waals surface area contributed by atoms with Crippen LogP contribution in [0.2, 0.25) is 0 Å². The molecule has 1 saturated carbocycles. The lowest BCUT2D eigenvalue weighted by Crippen LogP contribution is -2.53. The van der Waals surface area contributed by atoms with E-state index in [2.05, 4.69) is 27.4 Å². The fourth-order valence-corrected chi connectivity index (χ4v) is 3.90. The summed E-state index contributed by atoms with van der Waals surface area (Å²) in [6, 6.07) is 0. The molecule has 0 bridgehead atoms. The summed E-state index contributed by atoms with van der Waals surface area (Å²) in [4.78, 5) is 12.6. The highest BCUT2D eigenvalue weighted by Crippen LogP contribution is 2.47. The molecule has 1 aliphatic heterocycles. The van der Waals surface area contributed by atoms with Crippen molar-refractivity contribution in [3.05, 3.63) is 24.0 Å². The molecule has 0 radical (unpaired) electrons. The van der Waals surface area contributed by atoms with Crippen LogP contribution in [0.5, 0.6) is 0 Å². The third-order valence-electron chi connectivity index (χ3n) is 5.07. The molecule has 1 fully saturated rings. The lowest BCUT2D eigenvalue weighted by atomic mass is 9.72. The first-order chi connectivity index (χ1) is 10.4. The molecule has 0 aromatic carbocycles. The molecule has 3 heteroatoms. The van der Waals surface area contributed by atoms with Gasteiger partial charge < -0.3 is 9.47 Å². The number of carbonyl (C=O) groups excluding carboxylic acids is 1. The van der Waals surface area contributed by atoms with Gasteiger partial charge in [-0.3, -0.25) is 0 Å². The van der Waals surface area contributed by atoms with Gasteiger partial charge in [0.05, 0.1) is 5.57 Å². The normalized spacial score (nSPS) is 32.1. The van der Waals surface area contributed by atoms with Crippen LogP contribution in [-0.2, 0) is 14.3 Å². The minimum absolute atomic E-state index is 0.174. The summed E-state index contributed by atoms with van der Waals surface area (Å²) in [6.07, 6.45) is 7.44. The lowest BCUT2D eigenvalue weighted by Gasteiger charge is -2.48. The van der Waals surface area contributed by atoms with Crippen LogP contribution in [0.3, 0.4) is 0 Å². The first-order valence-electron chi connectivity index (χ1n) is 8.62. The van der Waals surface area contributed by atoms with Crippen molar-refractivity contribution >= 4 is 5.97 Å². The van der Waals surface area contributed by atoms with Gasteiger partial charge in [-0.15, -0.1) is 6.58 Å². The number of allylic oxidation sites excluding steroid dienone is 2. The molecule has 0 aromatic rings. The van der Waals surface area contributed by atoms with E-state index in [1.807, 2.05) is 13.0 Å². The molecule has 0 unspecified atom stereocenters. The Kier molecular flexibility index (Phi) is 5.36. The highest BCUT2D eigenvalue weighted by Gasteiger charge is 2.52. The molecular formula is C19H30O3. The van der Waals surface area contributed by atoms with Gasteiger partial charge in [-0.2, -0.15) is 0 Å². The molecule has 1 spiro atoms. The Morgan fingerprint density at radius 1 is 1.36 bits per heavy atom. The summed E-state index contributed by atoms with van der Waals surface area (Å²) >= 11 is 0. The van der Waals surface area contributed by atoms with Crippen LogP contribution in [0.15, 0.2) is 24.0 Å². The predicted molar refractivity (Wildman–Crippen MR) is 88.0 cm³/mol. The summed E-state index contributed by atoms with van der Waals surface area (Å²) < 4.78 is 12.2. The summed E-state index contributed by atoms with van der Waals surface area (Å²) in [7, 11) is 0. The van der Waals surface area contributed by atoms with Gasteiger partial charge in [0.25, 0.3) is 5.79 Å². The van der Waals surface area contributed by atoms with Crippen LogP contribution in [0.4, 0.5) is 0 Å². The van der Waals surface area contributed by atoms with E-state index in [9.17, 15) is 4.79 Å². The molecule has 3 atom stereocenters. The molecular weight excluding hydrogens is 276 g/mol. The minimum Gasteiger partial charge on any atom is -0.456 e. The first-order valence-corrected chi connectivity index (χ1v) is 8.62. The average molecular weight is 306 g/mol. The Hall–Kier alpha value is -1.25. The molecule has 0 aromatic heterocycles. The van der Waals surface area contributed by atoms with Crippen molar-refractivity contribution in [3.63, 3.8) is 0 Å². The average Bonchev–Trinajstić information content (AvgIpc) is 2.41. The fourth-order valence-electron chi connectivity index (χ4n) is 3.90. The molecule has 124 valence electrons. The van der Waals surface area contributed by atoms with Crippen molar-refractivity contribution in [2.45, 2.75) is 72.0 Å². The van der Waals surface area contributed by atoms with Gasteiger partial charge in [-0.25, -0.2) is 4.79 Å². The van der Waals surface area contributed by atoms with E-state index >= 15 is 0 Å². The topological polar surface area (TPSA) is 35.5 Å². The highest BCUT2D eigenvalue weighted by atomic mass is 16.7. The zero-order chi connectivity index (χ0) is 16.3. The second-order valence-electron chi connectivity index (χ2n) is 7.26. The first kappa shape index (κ1) is 17.1. The number of esters is 1. The predicted octanol–water partition coefficient (Wildman–Crippen LogP) is 4.98. The monoisotopic (exact) mass is 306 g/mol. The third kappa shape index (κ3) is 3.39. The maximum atomic E-state index is 12.6. The number of carbonyl (C=O) groups is 1. The van der Waals surface area contributed by atoms with E-state index in [4.69, 9.17) is 9.47 Å². The molecule has 1 heterocycles. The Morgan fingerprint density at radius 2 is 2.09 bits per heavy atom. The SMILES string of the molecule is C=CCCCC1=C(C)O[C@]2(C[C@H](C)CC[C@H]2C(C)C)OC1=O. The standard InChI is InChI=1S/C19H30O3/c1-6-7-8-9-16-15(5)21-19(22-18(16)20)12-14(4)10-11-17(19)13(2)3/h6,13-14,17H,1,7-12H2,2-5H3/t14-,17+,19-/m1/s1. The van der Waals surface area contributed by atoms with E-state index in [1.165, 1.54) is 6.42 Å². The number of rotatable bonds is 5. The van der Waals surface area contributed by atoms with Crippen molar-refractivity contribution in [2.24, 2.45) is 17.8 Å². The fraction of sp³-hybridized carbons (Fsp3) is 0.737. The van der Waals surface area contributed by atoms with E-state index in [0.29, 0.717) is 23.8 Å². The Balaban J connectivity index is 2.22. The highest BCUT2D eigenvalue weighted by molar-refractivity contribution is 5.89. The van der Waals surface area contributed by atoms with Crippen LogP contribution in [0, 0.1) is 17.8 Å². The van der Waals surface area contributed by atoms with Gasteiger partial charge in [0, 0.05) is 12.3 Å². The van der Waals surface area contributed by atoms with E-state index < -0.39 is 5.79 Å². The largest absolute Gasteiger partial charge is 0.456 e. The van der Waals surface area contributed by atoms with Crippen molar-refractivity contribution in [1.82, 2.24) is 0 Å². The summed E-state index contributed by atoms with van der Waals surface area (Å²) in [5.74, 6) is 1.09. The maximum absolute atomic E-state index is 12.6. The van der Waals surface area contributed by atoms with E-state index in [0.717, 1.165) is 31.4 Å². The van der Waals surface area contributed by atoms with Crippen LogP contribution in [0.25, 0.3) is 0 Å². The molecule has 2 aliphatic rings. The number of hydrogen-bond acceptors (Lipinski definition) is 3. The van der Waals surface area contributed by atoms with Gasteiger partial charge >= 0.3 is 5.97 Å². The molecule has 0 N–H and O–H groups in total. The molecule has 0 saturated heterocycles. The smallest absolute Gasteiger partial charge is 0.340 e. The minimum atomic E-state index is -0.741. The summed E-state index contributed by atoms with van der Waals surface area (Å²) in [6.45, 7) is 12.2. The van der Waals surface area contributed by atoms with E-state index in [-0.39, 0.29) is 11.9 Å². The second kappa shape index (κ2) is 6.89. The van der Waals surface area contributed by atoms with Gasteiger partial charge in [-0.05, 0) is 50.9 Å². The van der Waals surface area contributed by atoms with Gasteiger partial charge in [0.2, 0.25) is 0 Å². The maximum Gasteiger partial charge on any atom is 0.340 e. The molecule has 2 rings (SSSR count). The Bertz CT molecular complexity index is 463. The molecule has 22 heavy (non-hydrogen) atoms. The van der Waals surface area contributed by atoms with Gasteiger partial charge in [0.15, 0.2) is 0 Å². The lowest BCUT2D eigenvalue weighted by molar-refractivity contribution is -0.270. The summed E-state index contributed by atoms with van der Waals surface area (Å²) in [5.41, 5.74) is 0.702. The van der Waals surface area contributed by atoms with Crippen molar-refractivity contribution in [2.75, 3.05) is 0 Å². The van der Waals surface area contributed by atoms with Crippen LogP contribution >= 0.6 is 0 Å². The van der Waals surface area contributed by atoms with Gasteiger partial charge in [0.1, 0.15) is 5.76 Å². The number of unbranched alkanes of at least 4 members (excludes halogenated alkanes) is 1. The number of ether oxygens (including phenoxy) is 2. The van der Waals surface area contributed by atoms with Crippen LogP contribution < -0.4 is 0 Å². The Labute approximate surface area is 134 Å². The second-order valence-corrected chi connectivity index (χ2v) is 7.26. The zero-order valence-electron chi connectivity index (χ0n) is 14.5. The van der Waals surface area contributed by atoms with Crippen LogP contribution in [-0.4, -0.2) is 11.8 Å². The van der Waals surface area contributed by atoms with Crippen molar-refractivity contribution in [3.8, 4) is 0 Å². The summed E-state index contributed by atoms with van der Waals surface area (Å²) in [5, 5.41) is 0. The quantitative estimate of drug-likeness (QED) is 0.408. The van der Waals surface area contributed by atoms with Crippen LogP contribution in [0.1, 0.15) is 66.2 Å². The van der Waals surface area contributed by atoms with Gasteiger partial charge in [-0.1, -0.05) is 26.8 Å². The zero-order valence-corrected chi connectivity index (χ0v) is 14.5.